The number of aliphatic imine (C=N–C) groups is 1. The number of hydrogen-bond donors (Lipinski definition) is 1. The molecule has 6 heteroatoms. The SMILES string of the molecule is CC(Cl)C1=NC(=O)C(c2ccc(F)cc2)C(=O)N1. The van der Waals surface area contributed by atoms with Gasteiger partial charge in [-0.3, -0.25) is 9.59 Å². The lowest BCUT2D eigenvalue weighted by Gasteiger charge is -2.21. The number of halogens is 2. The second-order valence-electron chi connectivity index (χ2n) is 3.93. The number of rotatable bonds is 2. The molecule has 94 valence electrons. The average molecular weight is 269 g/mol. The molecule has 1 aliphatic rings. The number of amides is 2. The Morgan fingerprint density at radius 1 is 1.33 bits per heavy atom. The zero-order valence-corrected chi connectivity index (χ0v) is 10.2. The summed E-state index contributed by atoms with van der Waals surface area (Å²) in [7, 11) is 0. The monoisotopic (exact) mass is 268 g/mol. The summed E-state index contributed by atoms with van der Waals surface area (Å²) in [5.74, 6) is -2.41. The van der Waals surface area contributed by atoms with E-state index in [0.29, 0.717) is 5.56 Å². The number of hydrogen-bond acceptors (Lipinski definition) is 2. The van der Waals surface area contributed by atoms with Gasteiger partial charge < -0.3 is 5.32 Å². The van der Waals surface area contributed by atoms with Crippen molar-refractivity contribution in [3.8, 4) is 0 Å². The van der Waals surface area contributed by atoms with E-state index in [-0.39, 0.29) is 5.84 Å². The van der Waals surface area contributed by atoms with E-state index in [1.807, 2.05) is 0 Å². The minimum atomic E-state index is -1.04. The minimum Gasteiger partial charge on any atom is -0.312 e. The van der Waals surface area contributed by atoms with Crippen LogP contribution in [0.4, 0.5) is 4.39 Å². The molecule has 2 rings (SSSR count). The third-order valence-electron chi connectivity index (χ3n) is 2.57. The molecule has 18 heavy (non-hydrogen) atoms. The Morgan fingerprint density at radius 2 is 1.94 bits per heavy atom. The van der Waals surface area contributed by atoms with E-state index in [0.717, 1.165) is 0 Å². The van der Waals surface area contributed by atoms with Crippen LogP contribution in [0.1, 0.15) is 18.4 Å². The zero-order valence-electron chi connectivity index (χ0n) is 9.48. The van der Waals surface area contributed by atoms with Gasteiger partial charge in [0.1, 0.15) is 17.6 Å². The summed E-state index contributed by atoms with van der Waals surface area (Å²) < 4.78 is 12.8. The van der Waals surface area contributed by atoms with Crippen molar-refractivity contribution in [2.24, 2.45) is 4.99 Å². The van der Waals surface area contributed by atoms with E-state index in [1.54, 1.807) is 6.92 Å². The Kier molecular flexibility index (Phi) is 3.43. The van der Waals surface area contributed by atoms with Crippen molar-refractivity contribution < 1.29 is 14.0 Å². The first kappa shape index (κ1) is 12.7. The highest BCUT2D eigenvalue weighted by molar-refractivity contribution is 6.35. The molecule has 1 aliphatic heterocycles. The maximum atomic E-state index is 12.8. The van der Waals surface area contributed by atoms with Gasteiger partial charge in [-0.05, 0) is 24.6 Å². The van der Waals surface area contributed by atoms with Crippen LogP contribution in [0.3, 0.4) is 0 Å². The molecule has 1 N–H and O–H groups in total. The van der Waals surface area contributed by atoms with E-state index in [1.165, 1.54) is 24.3 Å². The van der Waals surface area contributed by atoms with E-state index in [4.69, 9.17) is 11.6 Å². The molecular formula is C12H10ClFN2O2. The van der Waals surface area contributed by atoms with Crippen molar-refractivity contribution in [2.45, 2.75) is 18.2 Å². The van der Waals surface area contributed by atoms with E-state index in [2.05, 4.69) is 10.3 Å². The lowest BCUT2D eigenvalue weighted by molar-refractivity contribution is -0.129. The molecular weight excluding hydrogens is 259 g/mol. The molecule has 0 bridgehead atoms. The standard InChI is InChI=1S/C12H10ClFN2O2/c1-6(13)10-15-11(17)9(12(18)16-10)7-2-4-8(14)5-3-7/h2-6,9H,1H3,(H,15,16,17,18). The van der Waals surface area contributed by atoms with Gasteiger partial charge in [0.15, 0.2) is 0 Å². The topological polar surface area (TPSA) is 58.5 Å². The summed E-state index contributed by atoms with van der Waals surface area (Å²) in [5, 5.41) is 1.92. The molecule has 2 atom stereocenters. The quantitative estimate of drug-likeness (QED) is 0.654. The normalized spacial score (nSPS) is 21.3. The third kappa shape index (κ3) is 2.41. The van der Waals surface area contributed by atoms with Gasteiger partial charge in [-0.15, -0.1) is 11.6 Å². The Balaban J connectivity index is 2.33. The largest absolute Gasteiger partial charge is 0.312 e. The van der Waals surface area contributed by atoms with E-state index in [9.17, 15) is 14.0 Å². The molecule has 0 radical (unpaired) electrons. The van der Waals surface area contributed by atoms with Gasteiger partial charge >= 0.3 is 0 Å². The molecule has 0 saturated carbocycles. The van der Waals surface area contributed by atoms with Gasteiger partial charge in [-0.25, -0.2) is 4.39 Å². The molecule has 0 aromatic heterocycles. The lowest BCUT2D eigenvalue weighted by atomic mass is 9.96. The van der Waals surface area contributed by atoms with Gasteiger partial charge in [0, 0.05) is 0 Å². The fraction of sp³-hybridized carbons (Fsp3) is 0.250. The van der Waals surface area contributed by atoms with Gasteiger partial charge in [0.25, 0.3) is 5.91 Å². The highest BCUT2D eigenvalue weighted by Gasteiger charge is 2.34. The number of alkyl halides is 1. The maximum absolute atomic E-state index is 12.8. The molecule has 0 saturated heterocycles. The van der Waals surface area contributed by atoms with Gasteiger partial charge in [-0.2, -0.15) is 4.99 Å². The molecule has 0 fully saturated rings. The predicted molar refractivity (Wildman–Crippen MR) is 65.0 cm³/mol. The van der Waals surface area contributed by atoms with Crippen LogP contribution in [0.2, 0.25) is 0 Å². The Bertz CT molecular complexity index is 525. The summed E-state index contributed by atoms with van der Waals surface area (Å²) >= 11 is 5.75. The van der Waals surface area contributed by atoms with Gasteiger partial charge in [0.2, 0.25) is 5.91 Å². The summed E-state index contributed by atoms with van der Waals surface area (Å²) in [4.78, 5) is 27.4. The van der Waals surface area contributed by atoms with Gasteiger partial charge in [0.05, 0.1) is 5.38 Å². The molecule has 2 unspecified atom stereocenters. The Morgan fingerprint density at radius 3 is 2.44 bits per heavy atom. The predicted octanol–water partition coefficient (Wildman–Crippen LogP) is 1.59. The summed E-state index contributed by atoms with van der Waals surface area (Å²) in [6, 6.07) is 5.17. The van der Waals surface area contributed by atoms with Crippen molar-refractivity contribution in [3.63, 3.8) is 0 Å². The third-order valence-corrected chi connectivity index (χ3v) is 2.78. The lowest BCUT2D eigenvalue weighted by Crippen LogP contribution is -2.45. The van der Waals surface area contributed by atoms with Crippen LogP contribution in [0.25, 0.3) is 0 Å². The average Bonchev–Trinajstić information content (AvgIpc) is 2.30. The Labute approximate surface area is 108 Å². The summed E-state index contributed by atoms with van der Waals surface area (Å²) in [6.45, 7) is 1.60. The fourth-order valence-corrected chi connectivity index (χ4v) is 1.76. The van der Waals surface area contributed by atoms with Crippen LogP contribution in [-0.2, 0) is 9.59 Å². The maximum Gasteiger partial charge on any atom is 0.264 e. The number of carbonyl (C=O) groups is 2. The van der Waals surface area contributed by atoms with Crippen molar-refractivity contribution in [3.05, 3.63) is 35.6 Å². The van der Waals surface area contributed by atoms with Crippen LogP contribution in [0.15, 0.2) is 29.3 Å². The van der Waals surface area contributed by atoms with Crippen molar-refractivity contribution in [1.82, 2.24) is 5.32 Å². The first-order valence-corrected chi connectivity index (χ1v) is 5.75. The molecule has 1 heterocycles. The number of carbonyl (C=O) groups excluding carboxylic acids is 2. The molecule has 1 aromatic carbocycles. The van der Waals surface area contributed by atoms with E-state index < -0.39 is 28.9 Å². The highest BCUT2D eigenvalue weighted by atomic mass is 35.5. The van der Waals surface area contributed by atoms with Crippen LogP contribution < -0.4 is 5.32 Å². The highest BCUT2D eigenvalue weighted by Crippen LogP contribution is 2.21. The molecule has 2 amide bonds. The first-order valence-electron chi connectivity index (χ1n) is 5.32. The van der Waals surface area contributed by atoms with Crippen LogP contribution in [0, 0.1) is 5.82 Å². The summed E-state index contributed by atoms with van der Waals surface area (Å²) in [6.07, 6.45) is 0. The van der Waals surface area contributed by atoms with Crippen molar-refractivity contribution >= 4 is 29.3 Å². The van der Waals surface area contributed by atoms with E-state index >= 15 is 0 Å². The number of benzene rings is 1. The second kappa shape index (κ2) is 4.86. The Hall–Kier alpha value is -1.75. The number of nitrogens with zero attached hydrogens (tertiary/aromatic N) is 1. The smallest absolute Gasteiger partial charge is 0.264 e. The molecule has 0 spiro atoms. The second-order valence-corrected chi connectivity index (χ2v) is 4.58. The number of nitrogens with one attached hydrogen (secondary N) is 1. The van der Waals surface area contributed by atoms with Crippen LogP contribution in [0.5, 0.6) is 0 Å². The number of amidine groups is 1. The zero-order chi connectivity index (χ0) is 13.3. The molecule has 0 aliphatic carbocycles. The minimum absolute atomic E-state index is 0.144. The van der Waals surface area contributed by atoms with Crippen molar-refractivity contribution in [1.29, 1.82) is 0 Å². The molecule has 1 aromatic rings. The molecule has 4 nitrogen and oxygen atoms in total. The van der Waals surface area contributed by atoms with Gasteiger partial charge in [-0.1, -0.05) is 12.1 Å². The van der Waals surface area contributed by atoms with Crippen molar-refractivity contribution in [2.75, 3.05) is 0 Å². The van der Waals surface area contributed by atoms with Crippen LogP contribution in [-0.4, -0.2) is 23.0 Å². The first-order chi connectivity index (χ1) is 8.49. The fourth-order valence-electron chi connectivity index (χ4n) is 1.66. The summed E-state index contributed by atoms with van der Waals surface area (Å²) in [5.41, 5.74) is 0.406. The van der Waals surface area contributed by atoms with Crippen LogP contribution >= 0.6 is 11.6 Å².